The lowest BCUT2D eigenvalue weighted by Gasteiger charge is -2.22. The number of imidazole rings is 1. The van der Waals surface area contributed by atoms with Crippen molar-refractivity contribution in [3.8, 4) is 0 Å². The average Bonchev–Trinajstić information content (AvgIpc) is 3.28. The van der Waals surface area contributed by atoms with Crippen LogP contribution in [-0.2, 0) is 11.3 Å². The van der Waals surface area contributed by atoms with Crippen molar-refractivity contribution in [2.75, 3.05) is 11.9 Å². The third kappa shape index (κ3) is 2.92. The first-order valence-electron chi connectivity index (χ1n) is 8.08. The lowest BCUT2D eigenvalue weighted by Crippen LogP contribution is -2.39. The van der Waals surface area contributed by atoms with Crippen LogP contribution in [0.2, 0.25) is 0 Å². The van der Waals surface area contributed by atoms with Gasteiger partial charge in [-0.25, -0.2) is 9.97 Å². The van der Waals surface area contributed by atoms with E-state index >= 15 is 0 Å². The van der Waals surface area contributed by atoms with Crippen molar-refractivity contribution in [1.29, 1.82) is 0 Å². The molecule has 0 aromatic carbocycles. The molecule has 0 saturated carbocycles. The van der Waals surface area contributed by atoms with Gasteiger partial charge in [-0.1, -0.05) is 6.07 Å². The van der Waals surface area contributed by atoms with Crippen LogP contribution in [0.3, 0.4) is 0 Å². The Kier molecular flexibility index (Phi) is 4.03. The van der Waals surface area contributed by atoms with E-state index < -0.39 is 0 Å². The summed E-state index contributed by atoms with van der Waals surface area (Å²) in [5.74, 6) is 0.0300. The second kappa shape index (κ2) is 6.33. The molecule has 0 bridgehead atoms. The summed E-state index contributed by atoms with van der Waals surface area (Å²) in [5.41, 5.74) is 3.14. The molecule has 4 heterocycles. The van der Waals surface area contributed by atoms with Gasteiger partial charge in [-0.2, -0.15) is 0 Å². The molecule has 4 rings (SSSR count). The SMILES string of the molecule is Cc1cccn2cc(CN3CCCC3C(=O)Nc3nccs3)nc12. The maximum Gasteiger partial charge on any atom is 0.243 e. The molecule has 3 aromatic rings. The minimum absolute atomic E-state index is 0.0300. The zero-order valence-corrected chi connectivity index (χ0v) is 14.3. The number of carbonyl (C=O) groups excluding carboxylic acids is 1. The van der Waals surface area contributed by atoms with Gasteiger partial charge in [0, 0.05) is 30.5 Å². The van der Waals surface area contributed by atoms with Crippen LogP contribution in [0.4, 0.5) is 5.13 Å². The van der Waals surface area contributed by atoms with E-state index in [1.807, 2.05) is 22.0 Å². The van der Waals surface area contributed by atoms with Gasteiger partial charge in [-0.3, -0.25) is 9.69 Å². The van der Waals surface area contributed by atoms with Crippen LogP contribution in [0.25, 0.3) is 5.65 Å². The summed E-state index contributed by atoms with van der Waals surface area (Å²) < 4.78 is 2.05. The molecule has 0 aliphatic carbocycles. The first kappa shape index (κ1) is 15.3. The van der Waals surface area contributed by atoms with E-state index in [2.05, 4.69) is 34.4 Å². The van der Waals surface area contributed by atoms with Crippen molar-refractivity contribution < 1.29 is 4.79 Å². The molecular formula is C17H19N5OS. The first-order valence-corrected chi connectivity index (χ1v) is 8.96. The molecule has 1 aliphatic rings. The fourth-order valence-electron chi connectivity index (χ4n) is 3.27. The number of fused-ring (bicyclic) bond motifs is 1. The summed E-state index contributed by atoms with van der Waals surface area (Å²) in [6.07, 6.45) is 7.67. The zero-order valence-electron chi connectivity index (χ0n) is 13.5. The molecule has 1 amide bonds. The highest BCUT2D eigenvalue weighted by Crippen LogP contribution is 2.22. The topological polar surface area (TPSA) is 62.5 Å². The van der Waals surface area contributed by atoms with Crippen LogP contribution in [0.5, 0.6) is 0 Å². The molecule has 124 valence electrons. The third-order valence-electron chi connectivity index (χ3n) is 4.42. The van der Waals surface area contributed by atoms with E-state index in [0.717, 1.165) is 36.3 Å². The van der Waals surface area contributed by atoms with Crippen molar-refractivity contribution in [2.24, 2.45) is 0 Å². The Hall–Kier alpha value is -2.25. The smallest absolute Gasteiger partial charge is 0.243 e. The number of pyridine rings is 1. The second-order valence-electron chi connectivity index (χ2n) is 6.11. The molecule has 3 aromatic heterocycles. The number of likely N-dealkylation sites (tertiary alicyclic amines) is 1. The first-order chi connectivity index (χ1) is 11.7. The fraction of sp³-hybridized carbons (Fsp3) is 0.353. The summed E-state index contributed by atoms with van der Waals surface area (Å²) >= 11 is 1.44. The number of thiazole rings is 1. The molecule has 6 nitrogen and oxygen atoms in total. The molecule has 0 spiro atoms. The summed E-state index contributed by atoms with van der Waals surface area (Å²) in [6, 6.07) is 3.97. The highest BCUT2D eigenvalue weighted by Gasteiger charge is 2.31. The number of hydrogen-bond acceptors (Lipinski definition) is 5. The molecular weight excluding hydrogens is 322 g/mol. The van der Waals surface area contributed by atoms with Gasteiger partial charge < -0.3 is 9.72 Å². The minimum Gasteiger partial charge on any atom is -0.307 e. The highest BCUT2D eigenvalue weighted by molar-refractivity contribution is 7.13. The number of anilines is 1. The van der Waals surface area contributed by atoms with Crippen LogP contribution >= 0.6 is 11.3 Å². The Bertz CT molecular complexity index is 857. The molecule has 0 radical (unpaired) electrons. The number of amides is 1. The molecule has 7 heteroatoms. The van der Waals surface area contributed by atoms with Crippen LogP contribution in [0, 0.1) is 6.92 Å². The normalized spacial score (nSPS) is 18.3. The van der Waals surface area contributed by atoms with Crippen molar-refractivity contribution in [3.63, 3.8) is 0 Å². The van der Waals surface area contributed by atoms with Gasteiger partial charge in [-0.05, 0) is 37.9 Å². The monoisotopic (exact) mass is 341 g/mol. The van der Waals surface area contributed by atoms with Crippen LogP contribution in [0.15, 0.2) is 36.1 Å². The van der Waals surface area contributed by atoms with Crippen molar-refractivity contribution in [1.82, 2.24) is 19.3 Å². The van der Waals surface area contributed by atoms with Gasteiger partial charge in [0.2, 0.25) is 5.91 Å². The Morgan fingerprint density at radius 2 is 2.42 bits per heavy atom. The lowest BCUT2D eigenvalue weighted by molar-refractivity contribution is -0.120. The molecule has 1 unspecified atom stereocenters. The zero-order chi connectivity index (χ0) is 16.5. The van der Waals surface area contributed by atoms with Crippen LogP contribution in [-0.4, -0.2) is 37.8 Å². The van der Waals surface area contributed by atoms with E-state index in [1.54, 1.807) is 6.20 Å². The lowest BCUT2D eigenvalue weighted by atomic mass is 10.2. The van der Waals surface area contributed by atoms with E-state index in [9.17, 15) is 4.79 Å². The van der Waals surface area contributed by atoms with Gasteiger partial charge in [0.25, 0.3) is 0 Å². The Balaban J connectivity index is 1.50. The minimum atomic E-state index is -0.111. The van der Waals surface area contributed by atoms with Crippen LogP contribution < -0.4 is 5.32 Å². The number of nitrogens with zero attached hydrogens (tertiary/aromatic N) is 4. The van der Waals surface area contributed by atoms with E-state index in [4.69, 9.17) is 4.98 Å². The van der Waals surface area contributed by atoms with Gasteiger partial charge in [0.15, 0.2) is 5.13 Å². The summed E-state index contributed by atoms with van der Waals surface area (Å²) in [5, 5.41) is 5.44. The number of aromatic nitrogens is 3. The Labute approximate surface area is 144 Å². The Morgan fingerprint density at radius 1 is 1.50 bits per heavy atom. The molecule has 1 aliphatic heterocycles. The molecule has 24 heavy (non-hydrogen) atoms. The predicted octanol–water partition coefficient (Wildman–Crippen LogP) is 2.70. The molecule has 1 saturated heterocycles. The van der Waals surface area contributed by atoms with E-state index in [1.165, 1.54) is 11.3 Å². The predicted molar refractivity (Wildman–Crippen MR) is 94.1 cm³/mol. The van der Waals surface area contributed by atoms with Gasteiger partial charge in [-0.15, -0.1) is 11.3 Å². The molecule has 1 atom stereocenters. The summed E-state index contributed by atoms with van der Waals surface area (Å²) in [7, 11) is 0. The van der Waals surface area contributed by atoms with Crippen molar-refractivity contribution in [3.05, 3.63) is 47.4 Å². The third-order valence-corrected chi connectivity index (χ3v) is 5.11. The number of hydrogen-bond donors (Lipinski definition) is 1. The number of nitrogens with one attached hydrogen (secondary N) is 1. The van der Waals surface area contributed by atoms with Crippen molar-refractivity contribution >= 4 is 28.0 Å². The largest absolute Gasteiger partial charge is 0.307 e. The summed E-state index contributed by atoms with van der Waals surface area (Å²) in [6.45, 7) is 3.67. The van der Waals surface area contributed by atoms with Gasteiger partial charge in [0.1, 0.15) is 5.65 Å². The van der Waals surface area contributed by atoms with E-state index in [-0.39, 0.29) is 11.9 Å². The Morgan fingerprint density at radius 3 is 3.21 bits per heavy atom. The molecule has 1 N–H and O–H groups in total. The fourth-order valence-corrected chi connectivity index (χ4v) is 3.81. The number of rotatable bonds is 4. The highest BCUT2D eigenvalue weighted by atomic mass is 32.1. The number of aryl methyl sites for hydroxylation is 1. The second-order valence-corrected chi connectivity index (χ2v) is 7.00. The standard InChI is InChI=1S/C17H19N5OS/c1-12-4-2-8-22-11-13(19-15(12)22)10-21-7-3-5-14(21)16(23)20-17-18-6-9-24-17/h2,4,6,8-9,11,14H,3,5,7,10H2,1H3,(H,18,20,23). The quantitative estimate of drug-likeness (QED) is 0.792. The van der Waals surface area contributed by atoms with Crippen LogP contribution in [0.1, 0.15) is 24.1 Å². The van der Waals surface area contributed by atoms with Gasteiger partial charge >= 0.3 is 0 Å². The maximum absolute atomic E-state index is 12.5. The maximum atomic E-state index is 12.5. The van der Waals surface area contributed by atoms with Gasteiger partial charge in [0.05, 0.1) is 11.7 Å². The van der Waals surface area contributed by atoms with E-state index in [0.29, 0.717) is 11.7 Å². The van der Waals surface area contributed by atoms with Crippen molar-refractivity contribution in [2.45, 2.75) is 32.4 Å². The molecule has 1 fully saturated rings. The average molecular weight is 341 g/mol. The summed E-state index contributed by atoms with van der Waals surface area (Å²) in [4.78, 5) is 23.6. The number of carbonyl (C=O) groups is 1.